The standard InChI is InChI=1S/C17H16N2O4S/c1-2-23-17(20)16-10-14-11-18-9-8-15(14)19(16)24(21,22)12-13-6-4-3-5-7-13/h3-11H,2,12H2,1H3. The quantitative estimate of drug-likeness (QED) is 0.665. The number of hydrogen-bond donors (Lipinski definition) is 0. The molecule has 7 heteroatoms. The van der Waals surface area contributed by atoms with E-state index in [-0.39, 0.29) is 18.1 Å². The van der Waals surface area contributed by atoms with Crippen molar-refractivity contribution in [1.82, 2.24) is 8.96 Å². The van der Waals surface area contributed by atoms with Crippen LogP contribution in [0.3, 0.4) is 0 Å². The highest BCUT2D eigenvalue weighted by Crippen LogP contribution is 2.24. The molecule has 0 saturated heterocycles. The smallest absolute Gasteiger partial charge is 0.356 e. The number of carbonyl (C=O) groups is 1. The Morgan fingerprint density at radius 1 is 1.21 bits per heavy atom. The van der Waals surface area contributed by atoms with Crippen LogP contribution in [0.5, 0.6) is 0 Å². The average Bonchev–Trinajstić information content (AvgIpc) is 2.96. The lowest BCUT2D eigenvalue weighted by Gasteiger charge is -2.11. The number of ether oxygens (including phenoxy) is 1. The van der Waals surface area contributed by atoms with Gasteiger partial charge in [-0.25, -0.2) is 17.2 Å². The van der Waals surface area contributed by atoms with Gasteiger partial charge in [0, 0.05) is 17.8 Å². The molecule has 2 heterocycles. The van der Waals surface area contributed by atoms with Gasteiger partial charge in [-0.2, -0.15) is 0 Å². The third-order valence-electron chi connectivity index (χ3n) is 3.51. The lowest BCUT2D eigenvalue weighted by molar-refractivity contribution is 0.0518. The fraction of sp³-hybridized carbons (Fsp3) is 0.176. The highest BCUT2D eigenvalue weighted by molar-refractivity contribution is 7.89. The molecule has 3 rings (SSSR count). The van der Waals surface area contributed by atoms with E-state index in [1.54, 1.807) is 37.3 Å². The van der Waals surface area contributed by atoms with Gasteiger partial charge in [0.2, 0.25) is 10.0 Å². The first-order chi connectivity index (χ1) is 11.5. The second kappa shape index (κ2) is 6.45. The zero-order chi connectivity index (χ0) is 17.2. The molecule has 0 aliphatic carbocycles. The first-order valence-corrected chi connectivity index (χ1v) is 9.03. The zero-order valence-electron chi connectivity index (χ0n) is 13.0. The summed E-state index contributed by atoms with van der Waals surface area (Å²) in [7, 11) is -3.80. The van der Waals surface area contributed by atoms with Crippen LogP contribution in [0.25, 0.3) is 10.9 Å². The van der Waals surface area contributed by atoms with Crippen molar-refractivity contribution in [3.8, 4) is 0 Å². The van der Waals surface area contributed by atoms with Gasteiger partial charge in [0.1, 0.15) is 5.69 Å². The second-order valence-corrected chi connectivity index (χ2v) is 7.01. The molecule has 0 N–H and O–H groups in total. The van der Waals surface area contributed by atoms with Crippen molar-refractivity contribution >= 4 is 26.9 Å². The van der Waals surface area contributed by atoms with Crippen molar-refractivity contribution in [2.75, 3.05) is 6.61 Å². The third kappa shape index (κ3) is 3.03. The number of aromatic nitrogens is 2. The summed E-state index contributed by atoms with van der Waals surface area (Å²) in [6.45, 7) is 1.84. The number of carbonyl (C=O) groups excluding carboxylic acids is 1. The van der Waals surface area contributed by atoms with Crippen LogP contribution in [0.15, 0.2) is 54.9 Å². The van der Waals surface area contributed by atoms with E-state index in [2.05, 4.69) is 4.98 Å². The van der Waals surface area contributed by atoms with Gasteiger partial charge in [-0.15, -0.1) is 0 Å². The van der Waals surface area contributed by atoms with Crippen LogP contribution >= 0.6 is 0 Å². The van der Waals surface area contributed by atoms with E-state index >= 15 is 0 Å². The average molecular weight is 344 g/mol. The van der Waals surface area contributed by atoms with Gasteiger partial charge < -0.3 is 4.74 Å². The third-order valence-corrected chi connectivity index (χ3v) is 5.16. The molecule has 6 nitrogen and oxygen atoms in total. The molecule has 1 aromatic carbocycles. The Hall–Kier alpha value is -2.67. The molecule has 3 aromatic rings. The first kappa shape index (κ1) is 16.2. The number of nitrogens with zero attached hydrogens (tertiary/aromatic N) is 2. The van der Waals surface area contributed by atoms with Gasteiger partial charge in [-0.3, -0.25) is 4.98 Å². The Balaban J connectivity index is 2.16. The minimum absolute atomic E-state index is 0.0178. The Kier molecular flexibility index (Phi) is 4.35. The molecule has 0 spiro atoms. The monoisotopic (exact) mass is 344 g/mol. The molecule has 2 aromatic heterocycles. The maximum Gasteiger partial charge on any atom is 0.356 e. The van der Waals surface area contributed by atoms with Crippen LogP contribution in [0.1, 0.15) is 23.0 Å². The first-order valence-electron chi connectivity index (χ1n) is 7.42. The maximum absolute atomic E-state index is 12.9. The lowest BCUT2D eigenvalue weighted by Crippen LogP contribution is -2.21. The van der Waals surface area contributed by atoms with E-state index in [1.165, 1.54) is 18.5 Å². The van der Waals surface area contributed by atoms with E-state index in [0.29, 0.717) is 16.5 Å². The summed E-state index contributed by atoms with van der Waals surface area (Å²) in [4.78, 5) is 16.2. The van der Waals surface area contributed by atoms with Crippen molar-refractivity contribution < 1.29 is 17.9 Å². The fourth-order valence-corrected chi connectivity index (χ4v) is 4.16. The maximum atomic E-state index is 12.9. The summed E-state index contributed by atoms with van der Waals surface area (Å²) in [5.41, 5.74) is 1.03. The Bertz CT molecular complexity index is 978. The van der Waals surface area contributed by atoms with Gasteiger partial charge in [0.15, 0.2) is 0 Å². The number of rotatable bonds is 5. The van der Waals surface area contributed by atoms with Crippen molar-refractivity contribution in [3.05, 3.63) is 66.1 Å². The summed E-state index contributed by atoms with van der Waals surface area (Å²) < 4.78 is 31.9. The summed E-state index contributed by atoms with van der Waals surface area (Å²) >= 11 is 0. The van der Waals surface area contributed by atoms with E-state index in [9.17, 15) is 13.2 Å². The number of esters is 1. The Labute approximate surface area is 139 Å². The Morgan fingerprint density at radius 3 is 2.67 bits per heavy atom. The van der Waals surface area contributed by atoms with Crippen LogP contribution in [0.2, 0.25) is 0 Å². The summed E-state index contributed by atoms with van der Waals surface area (Å²) in [5.74, 6) is -0.892. The molecule has 0 atom stereocenters. The van der Waals surface area contributed by atoms with Crippen LogP contribution in [0, 0.1) is 0 Å². The van der Waals surface area contributed by atoms with Crippen molar-refractivity contribution in [2.45, 2.75) is 12.7 Å². The minimum Gasteiger partial charge on any atom is -0.461 e. The van der Waals surface area contributed by atoms with Crippen molar-refractivity contribution in [2.24, 2.45) is 0 Å². The van der Waals surface area contributed by atoms with E-state index in [1.807, 2.05) is 6.07 Å². The highest BCUT2D eigenvalue weighted by atomic mass is 32.2. The van der Waals surface area contributed by atoms with E-state index in [0.717, 1.165) is 3.97 Å². The molecule has 0 fully saturated rings. The molecule has 124 valence electrons. The Morgan fingerprint density at radius 2 is 1.96 bits per heavy atom. The predicted molar refractivity (Wildman–Crippen MR) is 90.2 cm³/mol. The summed E-state index contributed by atoms with van der Waals surface area (Å²) in [5, 5.41) is 0.567. The summed E-state index contributed by atoms with van der Waals surface area (Å²) in [6, 6.07) is 11.9. The molecule has 0 radical (unpaired) electrons. The largest absolute Gasteiger partial charge is 0.461 e. The van der Waals surface area contributed by atoms with Gasteiger partial charge in [-0.1, -0.05) is 30.3 Å². The molecule has 0 amide bonds. The van der Waals surface area contributed by atoms with Gasteiger partial charge in [-0.05, 0) is 24.6 Å². The molecular weight excluding hydrogens is 328 g/mol. The number of fused-ring (bicyclic) bond motifs is 1. The van der Waals surface area contributed by atoms with Crippen LogP contribution in [0.4, 0.5) is 0 Å². The molecule has 24 heavy (non-hydrogen) atoms. The molecule has 0 aliphatic rings. The normalized spacial score (nSPS) is 11.5. The second-order valence-electron chi connectivity index (χ2n) is 5.19. The zero-order valence-corrected chi connectivity index (χ0v) is 13.9. The molecule has 0 aliphatic heterocycles. The molecule has 0 bridgehead atoms. The number of benzene rings is 1. The SMILES string of the molecule is CCOC(=O)c1cc2cnccc2n1S(=O)(=O)Cc1ccccc1. The van der Waals surface area contributed by atoms with Crippen LogP contribution in [-0.2, 0) is 20.5 Å². The van der Waals surface area contributed by atoms with Crippen LogP contribution < -0.4 is 0 Å². The molecular formula is C17H16N2O4S. The minimum atomic E-state index is -3.80. The predicted octanol–water partition coefficient (Wildman–Crippen LogP) is 2.59. The topological polar surface area (TPSA) is 78.3 Å². The van der Waals surface area contributed by atoms with Crippen molar-refractivity contribution in [1.29, 1.82) is 0 Å². The van der Waals surface area contributed by atoms with Gasteiger partial charge in [0.05, 0.1) is 17.9 Å². The van der Waals surface area contributed by atoms with Gasteiger partial charge >= 0.3 is 5.97 Å². The number of pyridine rings is 1. The lowest BCUT2D eigenvalue weighted by atomic mass is 10.2. The van der Waals surface area contributed by atoms with Gasteiger partial charge in [0.25, 0.3) is 0 Å². The number of hydrogen-bond acceptors (Lipinski definition) is 5. The highest BCUT2D eigenvalue weighted by Gasteiger charge is 2.25. The fourth-order valence-electron chi connectivity index (χ4n) is 2.53. The van der Waals surface area contributed by atoms with E-state index in [4.69, 9.17) is 4.74 Å². The molecule has 0 unspecified atom stereocenters. The van der Waals surface area contributed by atoms with E-state index < -0.39 is 16.0 Å². The van der Waals surface area contributed by atoms with Crippen LogP contribution in [-0.4, -0.2) is 30.0 Å². The summed E-state index contributed by atoms with van der Waals surface area (Å²) in [6.07, 6.45) is 3.01. The molecule has 0 saturated carbocycles. The van der Waals surface area contributed by atoms with Crippen molar-refractivity contribution in [3.63, 3.8) is 0 Å².